The van der Waals surface area contributed by atoms with Crippen molar-refractivity contribution in [2.24, 2.45) is 0 Å². The molecule has 4 aliphatic rings. The number of amides is 1. The predicted octanol–water partition coefficient (Wildman–Crippen LogP) is 1.43. The summed E-state index contributed by atoms with van der Waals surface area (Å²) in [6.07, 6.45) is 1.50. The van der Waals surface area contributed by atoms with Gasteiger partial charge in [-0.25, -0.2) is 14.4 Å². The fraction of sp³-hybridized carbons (Fsp3) is 0.500. The smallest absolute Gasteiger partial charge is 0.414 e. The molecule has 1 amide bonds. The lowest BCUT2D eigenvalue weighted by atomic mass is 9.90. The number of carbonyl (C=O) groups is 3. The van der Waals surface area contributed by atoms with Crippen LogP contribution in [0.3, 0.4) is 0 Å². The lowest BCUT2D eigenvalue weighted by Crippen LogP contribution is -2.47. The zero-order valence-electron chi connectivity index (χ0n) is 17.3. The number of carbonyl (C=O) groups excluding carboxylic acids is 3. The minimum Gasteiger partial charge on any atom is -0.457 e. The summed E-state index contributed by atoms with van der Waals surface area (Å²) >= 11 is 0. The van der Waals surface area contributed by atoms with E-state index in [4.69, 9.17) is 14.2 Å². The second-order valence-corrected chi connectivity index (χ2v) is 8.58. The molecular weight excluding hydrogens is 404 g/mol. The Morgan fingerprint density at radius 3 is 2.61 bits per heavy atom. The zero-order chi connectivity index (χ0) is 21.8. The van der Waals surface area contributed by atoms with Gasteiger partial charge < -0.3 is 24.2 Å². The van der Waals surface area contributed by atoms with Crippen molar-refractivity contribution >= 4 is 18.0 Å². The highest BCUT2D eigenvalue weighted by Crippen LogP contribution is 2.36. The molecule has 164 valence electrons. The molecule has 4 heterocycles. The fourth-order valence-corrected chi connectivity index (χ4v) is 4.84. The number of ether oxygens (including phenoxy) is 3. The van der Waals surface area contributed by atoms with Crippen LogP contribution in [0.1, 0.15) is 46.0 Å². The van der Waals surface area contributed by atoms with Gasteiger partial charge in [-0.2, -0.15) is 0 Å². The Hall–Kier alpha value is -2.91. The predicted molar refractivity (Wildman–Crippen MR) is 106 cm³/mol. The zero-order valence-corrected chi connectivity index (χ0v) is 17.3. The van der Waals surface area contributed by atoms with Gasteiger partial charge in [0, 0.05) is 44.1 Å². The number of aliphatic hydroxyl groups excluding tert-OH is 1. The van der Waals surface area contributed by atoms with E-state index in [-0.39, 0.29) is 19.2 Å². The molecule has 31 heavy (non-hydrogen) atoms. The third-order valence-electron chi connectivity index (χ3n) is 6.73. The van der Waals surface area contributed by atoms with Crippen molar-refractivity contribution in [2.75, 3.05) is 32.8 Å². The molecule has 9 nitrogen and oxygen atoms in total. The second kappa shape index (κ2) is 7.35. The Bertz CT molecular complexity index is 994. The highest BCUT2D eigenvalue weighted by atomic mass is 16.6. The van der Waals surface area contributed by atoms with Gasteiger partial charge in [0.1, 0.15) is 18.8 Å². The van der Waals surface area contributed by atoms with Crippen molar-refractivity contribution in [1.82, 2.24) is 9.80 Å². The van der Waals surface area contributed by atoms with Crippen LogP contribution in [-0.4, -0.2) is 71.3 Å². The van der Waals surface area contributed by atoms with Gasteiger partial charge in [-0.1, -0.05) is 6.07 Å². The molecule has 4 aliphatic heterocycles. The Morgan fingerprint density at radius 1 is 1.13 bits per heavy atom. The maximum atomic E-state index is 12.3. The van der Waals surface area contributed by atoms with Crippen LogP contribution in [0.4, 0.5) is 4.79 Å². The number of cyclic esters (lactones) is 2. The van der Waals surface area contributed by atoms with E-state index in [2.05, 4.69) is 4.90 Å². The molecule has 0 bridgehead atoms. The number of likely N-dealkylation sites (tertiary alicyclic amines) is 1. The largest absolute Gasteiger partial charge is 0.457 e. The van der Waals surface area contributed by atoms with Crippen molar-refractivity contribution in [3.05, 3.63) is 46.2 Å². The Morgan fingerprint density at radius 2 is 1.90 bits per heavy atom. The lowest BCUT2D eigenvalue weighted by molar-refractivity contribution is -0.135. The minimum atomic E-state index is -0.690. The quantitative estimate of drug-likeness (QED) is 0.567. The van der Waals surface area contributed by atoms with Crippen LogP contribution >= 0.6 is 0 Å². The maximum absolute atomic E-state index is 12.3. The van der Waals surface area contributed by atoms with E-state index < -0.39 is 23.8 Å². The van der Waals surface area contributed by atoms with E-state index in [9.17, 15) is 19.5 Å². The van der Waals surface area contributed by atoms with E-state index in [0.717, 1.165) is 16.7 Å². The summed E-state index contributed by atoms with van der Waals surface area (Å²) in [5, 5.41) is 10.8. The number of hydrogen-bond acceptors (Lipinski definition) is 8. The number of rotatable bonds is 4. The summed E-state index contributed by atoms with van der Waals surface area (Å²) < 4.78 is 15.7. The molecule has 1 N–H and O–H groups in total. The van der Waals surface area contributed by atoms with E-state index in [0.29, 0.717) is 50.3 Å². The average molecular weight is 428 g/mol. The first-order valence-corrected chi connectivity index (χ1v) is 10.4. The first kappa shape index (κ1) is 20.0. The van der Waals surface area contributed by atoms with Gasteiger partial charge in [0.15, 0.2) is 0 Å². The van der Waals surface area contributed by atoms with E-state index in [1.54, 1.807) is 12.1 Å². The first-order valence-electron chi connectivity index (χ1n) is 10.4. The number of β-amino-alcohol motifs (C(OH)–C–C–N with tert-alkyl or cyclic N) is 1. The van der Waals surface area contributed by atoms with Gasteiger partial charge in [-0.05, 0) is 24.1 Å². The molecule has 0 aromatic heterocycles. The number of esters is 2. The Kier molecular flexibility index (Phi) is 4.75. The molecule has 2 fully saturated rings. The molecule has 0 saturated carbocycles. The normalized spacial score (nSPS) is 23.5. The molecule has 5 rings (SSSR count). The van der Waals surface area contributed by atoms with Crippen molar-refractivity contribution in [3.63, 3.8) is 0 Å². The first-order chi connectivity index (χ1) is 14.8. The molecule has 0 unspecified atom stereocenters. The van der Waals surface area contributed by atoms with E-state index in [1.165, 1.54) is 11.0 Å². The second-order valence-electron chi connectivity index (χ2n) is 8.58. The van der Waals surface area contributed by atoms with Crippen LogP contribution in [0, 0.1) is 6.92 Å². The summed E-state index contributed by atoms with van der Waals surface area (Å²) in [6.45, 7) is 4.47. The van der Waals surface area contributed by atoms with Gasteiger partial charge in [0.05, 0.1) is 23.9 Å². The fourth-order valence-electron chi connectivity index (χ4n) is 4.84. The highest BCUT2D eigenvalue weighted by molar-refractivity contribution is 5.94. The third-order valence-corrected chi connectivity index (χ3v) is 6.73. The van der Waals surface area contributed by atoms with Crippen LogP contribution in [-0.2, 0) is 25.6 Å². The van der Waals surface area contributed by atoms with Gasteiger partial charge in [-0.3, -0.25) is 4.90 Å². The van der Waals surface area contributed by atoms with Gasteiger partial charge in [-0.15, -0.1) is 0 Å². The van der Waals surface area contributed by atoms with Gasteiger partial charge >= 0.3 is 18.0 Å². The third kappa shape index (κ3) is 3.47. The number of nitrogens with zero attached hydrogens (tertiary/aromatic N) is 2. The van der Waals surface area contributed by atoms with Crippen molar-refractivity contribution in [3.8, 4) is 0 Å². The molecule has 1 aromatic rings. The number of benzene rings is 1. The number of aliphatic hydroxyl groups is 1. The Balaban J connectivity index is 1.21. The van der Waals surface area contributed by atoms with Gasteiger partial charge in [0.25, 0.3) is 0 Å². The molecule has 2 saturated heterocycles. The molecule has 1 aromatic carbocycles. The van der Waals surface area contributed by atoms with Crippen LogP contribution < -0.4 is 0 Å². The van der Waals surface area contributed by atoms with E-state index in [1.807, 2.05) is 6.92 Å². The summed E-state index contributed by atoms with van der Waals surface area (Å²) in [7, 11) is 0. The van der Waals surface area contributed by atoms with Crippen molar-refractivity contribution < 1.29 is 33.7 Å². The summed E-state index contributed by atoms with van der Waals surface area (Å²) in [6, 6.07) is 3.52. The van der Waals surface area contributed by atoms with Crippen LogP contribution in [0.15, 0.2) is 23.9 Å². The lowest BCUT2D eigenvalue weighted by Gasteiger charge is -2.38. The van der Waals surface area contributed by atoms with Crippen molar-refractivity contribution in [2.45, 2.75) is 38.1 Å². The summed E-state index contributed by atoms with van der Waals surface area (Å²) in [5.74, 6) is -0.754. The summed E-state index contributed by atoms with van der Waals surface area (Å²) in [5.41, 5.74) is 3.08. The summed E-state index contributed by atoms with van der Waals surface area (Å²) in [4.78, 5) is 39.0. The number of hydrogen-bond donors (Lipinski definition) is 1. The molecule has 0 radical (unpaired) electrons. The van der Waals surface area contributed by atoms with E-state index >= 15 is 0 Å². The topological polar surface area (TPSA) is 106 Å². The van der Waals surface area contributed by atoms with Gasteiger partial charge in [0.2, 0.25) is 0 Å². The standard InChI is InChI=1S/C22H24N2O7/c1-13-15(2-3-16-17(13)11-30-20(16)27)18(25)9-23-6-4-22(5-7-23)12-24(21(28)31-22)14-8-19(26)29-10-14/h2-3,8,18,25H,4-7,9-12H2,1H3/t18-/m0/s1. The van der Waals surface area contributed by atoms with Crippen LogP contribution in [0.2, 0.25) is 0 Å². The van der Waals surface area contributed by atoms with Crippen LogP contribution in [0.5, 0.6) is 0 Å². The number of fused-ring (bicyclic) bond motifs is 1. The molecule has 0 aliphatic carbocycles. The molecule has 9 heteroatoms. The monoisotopic (exact) mass is 428 g/mol. The SMILES string of the molecule is Cc1c([C@@H](O)CN2CCC3(CC2)CN(C2=CC(=O)OC2)C(=O)O3)ccc2c1COC2=O. The molecule has 1 spiro atoms. The maximum Gasteiger partial charge on any atom is 0.414 e. The Labute approximate surface area is 179 Å². The highest BCUT2D eigenvalue weighted by Gasteiger charge is 2.48. The van der Waals surface area contributed by atoms with Crippen LogP contribution in [0.25, 0.3) is 0 Å². The average Bonchev–Trinajstić information content (AvgIpc) is 3.42. The number of piperidine rings is 1. The van der Waals surface area contributed by atoms with Crippen molar-refractivity contribution in [1.29, 1.82) is 0 Å². The molecular formula is C22H24N2O7. The molecule has 1 atom stereocenters. The minimum absolute atomic E-state index is 0.0963.